The van der Waals surface area contributed by atoms with Gasteiger partial charge in [-0.2, -0.15) is 4.98 Å². The molecule has 20 heavy (non-hydrogen) atoms. The van der Waals surface area contributed by atoms with Crippen molar-refractivity contribution < 1.29 is 14.6 Å². The summed E-state index contributed by atoms with van der Waals surface area (Å²) in [5.41, 5.74) is 1.34. The van der Waals surface area contributed by atoms with Crippen molar-refractivity contribution >= 4 is 17.3 Å². The SMILES string of the molecule is CCn1cnc2c(O[C@H]3CCN(C(=O)O)C3)ncnc21. The lowest BCUT2D eigenvalue weighted by molar-refractivity contribution is 0.145. The van der Waals surface area contributed by atoms with E-state index in [0.29, 0.717) is 30.9 Å². The standard InChI is InChI=1S/C12H15N5O3/c1-2-16-7-15-9-10(16)13-6-14-11(9)20-8-3-4-17(5-8)12(18)19/h6-8H,2-5H2,1H3,(H,18,19)/t8-/m0/s1. The van der Waals surface area contributed by atoms with Crippen molar-refractivity contribution in [3.05, 3.63) is 12.7 Å². The van der Waals surface area contributed by atoms with Crippen LogP contribution in [0.5, 0.6) is 5.88 Å². The van der Waals surface area contributed by atoms with Crippen LogP contribution in [0, 0.1) is 0 Å². The van der Waals surface area contributed by atoms with Crippen LogP contribution in [0.25, 0.3) is 11.2 Å². The average molecular weight is 277 g/mol. The van der Waals surface area contributed by atoms with Gasteiger partial charge in [-0.05, 0) is 6.92 Å². The van der Waals surface area contributed by atoms with Crippen LogP contribution < -0.4 is 4.74 Å². The van der Waals surface area contributed by atoms with E-state index in [1.54, 1.807) is 6.33 Å². The van der Waals surface area contributed by atoms with E-state index in [4.69, 9.17) is 9.84 Å². The third-order valence-electron chi connectivity index (χ3n) is 3.40. The highest BCUT2D eigenvalue weighted by Gasteiger charge is 2.28. The molecule has 8 heteroatoms. The van der Waals surface area contributed by atoms with E-state index in [2.05, 4.69) is 15.0 Å². The zero-order chi connectivity index (χ0) is 14.1. The number of rotatable bonds is 3. The lowest BCUT2D eigenvalue weighted by Crippen LogP contribution is -2.29. The van der Waals surface area contributed by atoms with Gasteiger partial charge in [0.2, 0.25) is 5.88 Å². The van der Waals surface area contributed by atoms with Gasteiger partial charge in [-0.1, -0.05) is 0 Å². The highest BCUT2D eigenvalue weighted by molar-refractivity contribution is 5.75. The van der Waals surface area contributed by atoms with Gasteiger partial charge in [0.15, 0.2) is 11.2 Å². The van der Waals surface area contributed by atoms with Crippen LogP contribution in [0.1, 0.15) is 13.3 Å². The van der Waals surface area contributed by atoms with Gasteiger partial charge in [-0.3, -0.25) is 0 Å². The summed E-state index contributed by atoms with van der Waals surface area (Å²) < 4.78 is 7.70. The normalized spacial score (nSPS) is 18.6. The molecule has 1 N–H and O–H groups in total. The number of carboxylic acid groups (broad SMARTS) is 1. The summed E-state index contributed by atoms with van der Waals surface area (Å²) in [6, 6.07) is 0. The van der Waals surface area contributed by atoms with Crippen molar-refractivity contribution in [2.75, 3.05) is 13.1 Å². The number of ether oxygens (including phenoxy) is 1. The van der Waals surface area contributed by atoms with Crippen molar-refractivity contribution in [3.63, 3.8) is 0 Å². The van der Waals surface area contributed by atoms with Gasteiger partial charge in [0.1, 0.15) is 12.4 Å². The van der Waals surface area contributed by atoms with Crippen LogP contribution in [0.15, 0.2) is 12.7 Å². The maximum atomic E-state index is 10.9. The Hall–Kier alpha value is -2.38. The summed E-state index contributed by atoms with van der Waals surface area (Å²) in [7, 11) is 0. The fourth-order valence-corrected chi connectivity index (χ4v) is 2.33. The second-order valence-electron chi connectivity index (χ2n) is 4.64. The number of likely N-dealkylation sites (tertiary alicyclic amines) is 1. The Morgan fingerprint density at radius 2 is 2.35 bits per heavy atom. The molecule has 0 bridgehead atoms. The minimum Gasteiger partial charge on any atom is -0.471 e. The highest BCUT2D eigenvalue weighted by atomic mass is 16.5. The second-order valence-corrected chi connectivity index (χ2v) is 4.64. The predicted molar refractivity (Wildman–Crippen MR) is 69.6 cm³/mol. The van der Waals surface area contributed by atoms with Crippen LogP contribution in [-0.4, -0.2) is 54.8 Å². The largest absolute Gasteiger partial charge is 0.471 e. The minimum absolute atomic E-state index is 0.184. The van der Waals surface area contributed by atoms with Crippen molar-refractivity contribution in [1.29, 1.82) is 0 Å². The first kappa shape index (κ1) is 12.6. The second kappa shape index (κ2) is 4.95. The fraction of sp³-hybridized carbons (Fsp3) is 0.500. The average Bonchev–Trinajstić information content (AvgIpc) is 3.05. The molecule has 1 saturated heterocycles. The Labute approximate surface area is 115 Å². The number of hydrogen-bond donors (Lipinski definition) is 1. The number of nitrogens with zero attached hydrogens (tertiary/aromatic N) is 5. The van der Waals surface area contributed by atoms with E-state index in [0.717, 1.165) is 12.2 Å². The Bertz CT molecular complexity index is 641. The summed E-state index contributed by atoms with van der Waals surface area (Å²) in [5.74, 6) is 0.416. The molecule has 3 rings (SSSR count). The summed E-state index contributed by atoms with van der Waals surface area (Å²) in [4.78, 5) is 24.8. The number of imidazole rings is 1. The highest BCUT2D eigenvalue weighted by Crippen LogP contribution is 2.23. The summed E-state index contributed by atoms with van der Waals surface area (Å²) in [5, 5.41) is 8.93. The third kappa shape index (κ3) is 2.13. The van der Waals surface area contributed by atoms with Crippen LogP contribution in [0.4, 0.5) is 4.79 Å². The van der Waals surface area contributed by atoms with E-state index in [1.807, 2.05) is 11.5 Å². The van der Waals surface area contributed by atoms with Crippen molar-refractivity contribution in [1.82, 2.24) is 24.4 Å². The zero-order valence-electron chi connectivity index (χ0n) is 11.1. The molecule has 1 amide bonds. The molecule has 1 aliphatic rings. The van der Waals surface area contributed by atoms with Crippen LogP contribution in [0.3, 0.4) is 0 Å². The first-order chi connectivity index (χ1) is 9.69. The van der Waals surface area contributed by atoms with E-state index in [9.17, 15) is 4.79 Å². The molecule has 0 radical (unpaired) electrons. The molecule has 0 unspecified atom stereocenters. The molecule has 0 aliphatic carbocycles. The first-order valence-electron chi connectivity index (χ1n) is 6.49. The monoisotopic (exact) mass is 277 g/mol. The van der Waals surface area contributed by atoms with Gasteiger partial charge in [-0.25, -0.2) is 14.8 Å². The lowest BCUT2D eigenvalue weighted by atomic mass is 10.3. The number of hydrogen-bond acceptors (Lipinski definition) is 5. The van der Waals surface area contributed by atoms with E-state index >= 15 is 0 Å². The molecule has 3 heterocycles. The molecule has 0 spiro atoms. The molecular formula is C12H15N5O3. The summed E-state index contributed by atoms with van der Waals surface area (Å²) >= 11 is 0. The minimum atomic E-state index is -0.917. The van der Waals surface area contributed by atoms with E-state index in [1.165, 1.54) is 11.2 Å². The topological polar surface area (TPSA) is 93.4 Å². The van der Waals surface area contributed by atoms with Crippen molar-refractivity contribution in [3.8, 4) is 5.88 Å². The van der Waals surface area contributed by atoms with Crippen LogP contribution in [-0.2, 0) is 6.54 Å². The van der Waals surface area contributed by atoms with Crippen LogP contribution in [0.2, 0.25) is 0 Å². The molecule has 0 saturated carbocycles. The van der Waals surface area contributed by atoms with Crippen molar-refractivity contribution in [2.24, 2.45) is 0 Å². The quantitative estimate of drug-likeness (QED) is 0.898. The number of fused-ring (bicyclic) bond motifs is 1. The molecule has 106 valence electrons. The summed E-state index contributed by atoms with van der Waals surface area (Å²) in [6.45, 7) is 3.61. The first-order valence-corrected chi connectivity index (χ1v) is 6.49. The number of carbonyl (C=O) groups is 1. The van der Waals surface area contributed by atoms with Gasteiger partial charge in [-0.15, -0.1) is 0 Å². The third-order valence-corrected chi connectivity index (χ3v) is 3.40. The molecular weight excluding hydrogens is 262 g/mol. The molecule has 8 nitrogen and oxygen atoms in total. The zero-order valence-corrected chi connectivity index (χ0v) is 11.1. The van der Waals surface area contributed by atoms with Gasteiger partial charge >= 0.3 is 6.09 Å². The van der Waals surface area contributed by atoms with E-state index in [-0.39, 0.29) is 6.10 Å². The Morgan fingerprint density at radius 3 is 3.05 bits per heavy atom. The van der Waals surface area contributed by atoms with Crippen LogP contribution >= 0.6 is 0 Å². The Morgan fingerprint density at radius 1 is 1.50 bits per heavy atom. The molecule has 2 aromatic heterocycles. The molecule has 0 aromatic carbocycles. The van der Waals surface area contributed by atoms with Gasteiger partial charge in [0, 0.05) is 19.5 Å². The van der Waals surface area contributed by atoms with Gasteiger partial charge in [0.25, 0.3) is 0 Å². The van der Waals surface area contributed by atoms with Gasteiger partial charge in [0.05, 0.1) is 12.9 Å². The molecule has 1 fully saturated rings. The smallest absolute Gasteiger partial charge is 0.407 e. The van der Waals surface area contributed by atoms with Crippen molar-refractivity contribution in [2.45, 2.75) is 26.0 Å². The fourth-order valence-electron chi connectivity index (χ4n) is 2.33. The van der Waals surface area contributed by atoms with Gasteiger partial charge < -0.3 is 19.3 Å². The molecule has 1 aliphatic heterocycles. The Balaban J connectivity index is 1.81. The number of amides is 1. The number of aryl methyl sites for hydroxylation is 1. The Kier molecular flexibility index (Phi) is 3.13. The summed E-state index contributed by atoms with van der Waals surface area (Å²) in [6.07, 6.45) is 2.70. The lowest BCUT2D eigenvalue weighted by Gasteiger charge is -2.13. The molecule has 2 aromatic rings. The molecule has 1 atom stereocenters. The number of aromatic nitrogens is 4. The van der Waals surface area contributed by atoms with E-state index < -0.39 is 6.09 Å². The maximum absolute atomic E-state index is 10.9. The predicted octanol–water partition coefficient (Wildman–Crippen LogP) is 0.977. The maximum Gasteiger partial charge on any atom is 0.407 e.